The van der Waals surface area contributed by atoms with Gasteiger partial charge in [0.15, 0.2) is 0 Å². The molecular weight excluding hydrogens is 480 g/mol. The molecule has 7 aromatic carbocycles. The standard InChI is InChI=1S/C40H26/c1-25-14-16-26(17-15-25)28-18-19-29-23-35-34-21-20-27-8-2-3-9-31(27)39(34)40(38(35)24-30(29)22-28)36-12-6-4-10-32(36)33-11-5-7-13-37(33)40/h2-24H,1H3. The average molecular weight is 507 g/mol. The van der Waals surface area contributed by atoms with Gasteiger partial charge in [-0.2, -0.15) is 0 Å². The largest absolute Gasteiger partial charge is 0.0731 e. The first-order valence-electron chi connectivity index (χ1n) is 14.1. The zero-order valence-corrected chi connectivity index (χ0v) is 22.3. The van der Waals surface area contributed by atoms with Crippen molar-refractivity contribution in [2.24, 2.45) is 0 Å². The minimum Gasteiger partial charge on any atom is -0.0619 e. The molecule has 0 fully saturated rings. The van der Waals surface area contributed by atoms with E-state index in [0.717, 1.165) is 0 Å². The molecule has 0 amide bonds. The van der Waals surface area contributed by atoms with E-state index in [4.69, 9.17) is 0 Å². The van der Waals surface area contributed by atoms with Crippen molar-refractivity contribution < 1.29 is 0 Å². The summed E-state index contributed by atoms with van der Waals surface area (Å²) in [5.41, 5.74) is 14.4. The zero-order chi connectivity index (χ0) is 26.4. The fourth-order valence-electron chi connectivity index (χ4n) is 7.59. The third-order valence-electron chi connectivity index (χ3n) is 9.31. The minimum atomic E-state index is -0.354. The molecule has 0 atom stereocenters. The molecule has 0 aliphatic heterocycles. The van der Waals surface area contributed by atoms with Crippen LogP contribution in [-0.4, -0.2) is 0 Å². The lowest BCUT2D eigenvalue weighted by Crippen LogP contribution is -2.26. The fourth-order valence-corrected chi connectivity index (χ4v) is 7.59. The Balaban J connectivity index is 1.43. The highest BCUT2D eigenvalue weighted by molar-refractivity contribution is 6.06. The molecule has 0 radical (unpaired) electrons. The minimum absolute atomic E-state index is 0.354. The molecule has 0 heterocycles. The molecular formula is C40H26. The van der Waals surface area contributed by atoms with Crippen LogP contribution in [0.4, 0.5) is 0 Å². The van der Waals surface area contributed by atoms with Gasteiger partial charge >= 0.3 is 0 Å². The summed E-state index contributed by atoms with van der Waals surface area (Å²) < 4.78 is 0. The quantitative estimate of drug-likeness (QED) is 0.208. The fraction of sp³-hybridized carbons (Fsp3) is 0.0500. The number of fused-ring (bicyclic) bond motifs is 13. The van der Waals surface area contributed by atoms with Crippen molar-refractivity contribution in [3.8, 4) is 33.4 Å². The first-order valence-corrected chi connectivity index (χ1v) is 14.1. The Morgan fingerprint density at radius 2 is 1.05 bits per heavy atom. The van der Waals surface area contributed by atoms with Crippen molar-refractivity contribution in [2.45, 2.75) is 12.3 Å². The maximum absolute atomic E-state index is 2.50. The summed E-state index contributed by atoms with van der Waals surface area (Å²) in [6.45, 7) is 2.14. The highest BCUT2D eigenvalue weighted by Gasteiger charge is 2.52. The molecule has 1 spiro atoms. The summed E-state index contributed by atoms with van der Waals surface area (Å²) in [6.07, 6.45) is 0. The van der Waals surface area contributed by atoms with Crippen molar-refractivity contribution >= 4 is 21.5 Å². The monoisotopic (exact) mass is 506 g/mol. The number of hydrogen-bond acceptors (Lipinski definition) is 0. The Morgan fingerprint density at radius 1 is 0.400 bits per heavy atom. The second kappa shape index (κ2) is 7.81. The Bertz CT molecular complexity index is 2120. The van der Waals surface area contributed by atoms with E-state index in [1.165, 1.54) is 82.7 Å². The van der Waals surface area contributed by atoms with Gasteiger partial charge in [-0.15, -0.1) is 0 Å². The molecule has 186 valence electrons. The van der Waals surface area contributed by atoms with Crippen molar-refractivity contribution in [3.05, 3.63) is 167 Å². The summed E-state index contributed by atoms with van der Waals surface area (Å²) in [5, 5.41) is 5.20. The summed E-state index contributed by atoms with van der Waals surface area (Å²) in [6, 6.07) is 52.5. The molecule has 9 rings (SSSR count). The average Bonchev–Trinajstić information content (AvgIpc) is 3.47. The SMILES string of the molecule is Cc1ccc(-c2ccc3cc4c(cc3c2)C2(c3ccccc3-c3ccccc32)c2c-4ccc3ccccc23)cc1. The molecule has 7 aromatic rings. The van der Waals surface area contributed by atoms with Crippen LogP contribution in [0.1, 0.15) is 27.8 Å². The first-order chi connectivity index (χ1) is 19.7. The topological polar surface area (TPSA) is 0 Å². The van der Waals surface area contributed by atoms with E-state index in [-0.39, 0.29) is 5.41 Å². The van der Waals surface area contributed by atoms with E-state index >= 15 is 0 Å². The maximum atomic E-state index is 2.50. The van der Waals surface area contributed by atoms with Crippen molar-refractivity contribution in [2.75, 3.05) is 0 Å². The molecule has 0 heteroatoms. The zero-order valence-electron chi connectivity index (χ0n) is 22.3. The van der Waals surface area contributed by atoms with Crippen LogP contribution in [0.15, 0.2) is 140 Å². The van der Waals surface area contributed by atoms with Gasteiger partial charge in [0, 0.05) is 0 Å². The van der Waals surface area contributed by atoms with Crippen LogP contribution < -0.4 is 0 Å². The van der Waals surface area contributed by atoms with Crippen molar-refractivity contribution in [1.82, 2.24) is 0 Å². The maximum Gasteiger partial charge on any atom is 0.0731 e. The number of hydrogen-bond donors (Lipinski definition) is 0. The van der Waals surface area contributed by atoms with Gasteiger partial charge in [0.1, 0.15) is 0 Å². The van der Waals surface area contributed by atoms with Gasteiger partial charge in [0.25, 0.3) is 0 Å². The van der Waals surface area contributed by atoms with Crippen LogP contribution in [-0.2, 0) is 5.41 Å². The first kappa shape index (κ1) is 21.9. The summed E-state index contributed by atoms with van der Waals surface area (Å²) in [5.74, 6) is 0. The summed E-state index contributed by atoms with van der Waals surface area (Å²) >= 11 is 0. The predicted octanol–water partition coefficient (Wildman–Crippen LogP) is 10.3. The number of rotatable bonds is 1. The number of benzene rings is 7. The highest BCUT2D eigenvalue weighted by Crippen LogP contribution is 2.64. The normalized spacial score (nSPS) is 13.8. The second-order valence-electron chi connectivity index (χ2n) is 11.4. The van der Waals surface area contributed by atoms with E-state index in [1.807, 2.05) is 0 Å². The van der Waals surface area contributed by atoms with Crippen molar-refractivity contribution in [1.29, 1.82) is 0 Å². The summed E-state index contributed by atoms with van der Waals surface area (Å²) in [4.78, 5) is 0. The van der Waals surface area contributed by atoms with Crippen LogP contribution in [0.3, 0.4) is 0 Å². The molecule has 0 aromatic heterocycles. The van der Waals surface area contributed by atoms with Crippen molar-refractivity contribution in [3.63, 3.8) is 0 Å². The predicted molar refractivity (Wildman–Crippen MR) is 168 cm³/mol. The van der Waals surface area contributed by atoms with Crippen LogP contribution in [0.2, 0.25) is 0 Å². The van der Waals surface area contributed by atoms with E-state index in [2.05, 4.69) is 146 Å². The van der Waals surface area contributed by atoms with Gasteiger partial charge in [-0.05, 0) is 102 Å². The Kier molecular flexibility index (Phi) is 4.28. The van der Waals surface area contributed by atoms with Gasteiger partial charge in [0.2, 0.25) is 0 Å². The van der Waals surface area contributed by atoms with E-state index in [0.29, 0.717) is 0 Å². The molecule has 2 aliphatic rings. The molecule has 0 saturated heterocycles. The third kappa shape index (κ3) is 2.71. The van der Waals surface area contributed by atoms with E-state index < -0.39 is 0 Å². The molecule has 0 unspecified atom stereocenters. The lowest BCUT2D eigenvalue weighted by molar-refractivity contribution is 0.802. The lowest BCUT2D eigenvalue weighted by atomic mass is 9.69. The molecule has 0 N–H and O–H groups in total. The summed E-state index contributed by atoms with van der Waals surface area (Å²) in [7, 11) is 0. The lowest BCUT2D eigenvalue weighted by Gasteiger charge is -2.31. The van der Waals surface area contributed by atoms with Gasteiger partial charge in [0.05, 0.1) is 5.41 Å². The van der Waals surface area contributed by atoms with Gasteiger partial charge in [-0.25, -0.2) is 0 Å². The Hall–Kier alpha value is -4.94. The molecule has 40 heavy (non-hydrogen) atoms. The smallest absolute Gasteiger partial charge is 0.0619 e. The Morgan fingerprint density at radius 3 is 1.82 bits per heavy atom. The second-order valence-corrected chi connectivity index (χ2v) is 11.4. The van der Waals surface area contributed by atoms with E-state index in [1.54, 1.807) is 0 Å². The highest BCUT2D eigenvalue weighted by atomic mass is 14.5. The number of aryl methyl sites for hydroxylation is 1. The van der Waals surface area contributed by atoms with Crippen LogP contribution in [0.5, 0.6) is 0 Å². The van der Waals surface area contributed by atoms with Gasteiger partial charge in [-0.3, -0.25) is 0 Å². The molecule has 2 aliphatic carbocycles. The van der Waals surface area contributed by atoms with E-state index in [9.17, 15) is 0 Å². The molecule has 0 nitrogen and oxygen atoms in total. The van der Waals surface area contributed by atoms with Crippen LogP contribution in [0, 0.1) is 6.92 Å². The van der Waals surface area contributed by atoms with Crippen LogP contribution in [0.25, 0.3) is 54.9 Å². The molecule has 0 saturated carbocycles. The van der Waals surface area contributed by atoms with Crippen LogP contribution >= 0.6 is 0 Å². The third-order valence-corrected chi connectivity index (χ3v) is 9.31. The molecule has 0 bridgehead atoms. The Labute approximate surface area is 234 Å². The van der Waals surface area contributed by atoms with Gasteiger partial charge in [-0.1, -0.05) is 127 Å². The van der Waals surface area contributed by atoms with Gasteiger partial charge < -0.3 is 0 Å².